The van der Waals surface area contributed by atoms with Crippen LogP contribution < -0.4 is 20.9 Å². The topological polar surface area (TPSA) is 95.1 Å². The minimum atomic E-state index is -0.304. The number of benzene rings is 1. The van der Waals surface area contributed by atoms with E-state index in [-0.39, 0.29) is 6.03 Å². The van der Waals surface area contributed by atoms with Gasteiger partial charge in [0, 0.05) is 32.0 Å². The first-order valence-electron chi connectivity index (χ1n) is 8.28. The Hall–Kier alpha value is -3.42. The molecule has 0 bridgehead atoms. The lowest BCUT2D eigenvalue weighted by molar-refractivity contribution is 0.252. The van der Waals surface area contributed by atoms with E-state index in [0.717, 1.165) is 11.4 Å². The average molecular weight is 351 g/mol. The fourth-order valence-corrected chi connectivity index (χ4v) is 2.36. The van der Waals surface area contributed by atoms with Gasteiger partial charge in [-0.25, -0.2) is 19.7 Å². The highest BCUT2D eigenvalue weighted by atomic mass is 16.2. The lowest BCUT2D eigenvalue weighted by Crippen LogP contribution is -2.28. The number of aromatic nitrogens is 3. The molecule has 3 rings (SSSR count). The summed E-state index contributed by atoms with van der Waals surface area (Å²) in [5.41, 5.74) is 3.09. The molecule has 8 heteroatoms. The van der Waals surface area contributed by atoms with Gasteiger partial charge in [-0.05, 0) is 37.3 Å². The number of urea groups is 1. The second-order valence-electron chi connectivity index (χ2n) is 5.85. The molecule has 2 aromatic heterocycles. The molecule has 0 saturated carbocycles. The molecule has 3 N–H and O–H groups in total. The van der Waals surface area contributed by atoms with E-state index in [4.69, 9.17) is 0 Å². The Labute approximate surface area is 151 Å². The molecule has 0 aliphatic carbocycles. The van der Waals surface area contributed by atoms with Crippen LogP contribution in [0.3, 0.4) is 0 Å². The van der Waals surface area contributed by atoms with Crippen molar-refractivity contribution in [1.29, 1.82) is 0 Å². The minimum absolute atomic E-state index is 0.304. The number of amides is 2. The second kappa shape index (κ2) is 7.64. The zero-order valence-corrected chi connectivity index (χ0v) is 14.9. The molecule has 0 spiro atoms. The number of carbonyl (C=O) groups is 1. The fraction of sp³-hybridized carbons (Fsp3) is 0.222. The van der Waals surface area contributed by atoms with Crippen LogP contribution >= 0.6 is 0 Å². The molecule has 26 heavy (non-hydrogen) atoms. The molecule has 0 saturated heterocycles. The molecular formula is C18H21N7O. The van der Waals surface area contributed by atoms with Crippen LogP contribution in [-0.4, -0.2) is 41.6 Å². The summed E-state index contributed by atoms with van der Waals surface area (Å²) < 4.78 is 0. The van der Waals surface area contributed by atoms with Crippen molar-refractivity contribution in [2.45, 2.75) is 6.92 Å². The molecule has 2 heterocycles. The van der Waals surface area contributed by atoms with Gasteiger partial charge in [-0.1, -0.05) is 6.07 Å². The summed E-state index contributed by atoms with van der Waals surface area (Å²) in [4.78, 5) is 26.9. The molecule has 0 radical (unpaired) electrons. The van der Waals surface area contributed by atoms with Gasteiger partial charge in [-0.2, -0.15) is 0 Å². The molecule has 134 valence electrons. The van der Waals surface area contributed by atoms with E-state index in [1.54, 1.807) is 18.3 Å². The molecular weight excluding hydrogens is 330 g/mol. The molecule has 0 aliphatic rings. The van der Waals surface area contributed by atoms with Gasteiger partial charge in [0.25, 0.3) is 0 Å². The van der Waals surface area contributed by atoms with Gasteiger partial charge in [0.05, 0.1) is 6.20 Å². The van der Waals surface area contributed by atoms with Gasteiger partial charge in [0.15, 0.2) is 11.5 Å². The van der Waals surface area contributed by atoms with Gasteiger partial charge in [0.1, 0.15) is 11.3 Å². The molecule has 1 aromatic carbocycles. The highest BCUT2D eigenvalue weighted by molar-refractivity contribution is 5.89. The van der Waals surface area contributed by atoms with Crippen LogP contribution in [0, 0.1) is 0 Å². The molecule has 0 fully saturated rings. The standard InChI is InChI=1S/C18H21N7O/c1-4-19-18(26)24-15-9-8-14-17(22-15)23-16(11-20-14)21-12-6-5-7-13(10-12)25(2)3/h5-11H,4H2,1-3H3,(H3,19,21,22,23,24,26). The van der Waals surface area contributed by atoms with Crippen molar-refractivity contribution >= 4 is 40.2 Å². The third-order valence-corrected chi connectivity index (χ3v) is 3.62. The van der Waals surface area contributed by atoms with E-state index in [2.05, 4.69) is 30.9 Å². The molecule has 8 nitrogen and oxygen atoms in total. The monoisotopic (exact) mass is 351 g/mol. The van der Waals surface area contributed by atoms with E-state index in [1.807, 2.05) is 50.2 Å². The van der Waals surface area contributed by atoms with E-state index in [9.17, 15) is 4.79 Å². The van der Waals surface area contributed by atoms with Gasteiger partial charge in [0.2, 0.25) is 0 Å². The van der Waals surface area contributed by atoms with E-state index < -0.39 is 0 Å². The number of anilines is 4. The van der Waals surface area contributed by atoms with Gasteiger partial charge < -0.3 is 15.5 Å². The van der Waals surface area contributed by atoms with E-state index in [0.29, 0.717) is 29.3 Å². The normalized spacial score (nSPS) is 10.4. The minimum Gasteiger partial charge on any atom is -0.378 e. The average Bonchev–Trinajstić information content (AvgIpc) is 2.62. The van der Waals surface area contributed by atoms with E-state index >= 15 is 0 Å². The number of pyridine rings is 1. The first-order chi connectivity index (χ1) is 12.5. The second-order valence-corrected chi connectivity index (χ2v) is 5.85. The number of nitrogens with zero attached hydrogens (tertiary/aromatic N) is 4. The molecule has 0 unspecified atom stereocenters. The Morgan fingerprint density at radius 1 is 1.12 bits per heavy atom. The SMILES string of the molecule is CCNC(=O)Nc1ccc2ncc(Nc3cccc(N(C)C)c3)nc2n1. The Balaban J connectivity index is 1.83. The molecule has 0 aliphatic heterocycles. The molecule has 3 aromatic rings. The predicted octanol–water partition coefficient (Wildman–Crippen LogP) is 2.98. The number of nitrogens with one attached hydrogen (secondary N) is 3. The van der Waals surface area contributed by atoms with Crippen LogP contribution in [0.5, 0.6) is 0 Å². The Bertz CT molecular complexity index is 926. The largest absolute Gasteiger partial charge is 0.378 e. The summed E-state index contributed by atoms with van der Waals surface area (Å²) in [6.07, 6.45) is 1.66. The first-order valence-corrected chi connectivity index (χ1v) is 8.28. The zero-order valence-electron chi connectivity index (χ0n) is 14.9. The maximum Gasteiger partial charge on any atom is 0.320 e. The fourth-order valence-electron chi connectivity index (χ4n) is 2.36. The number of carbonyl (C=O) groups excluding carboxylic acids is 1. The predicted molar refractivity (Wildman–Crippen MR) is 104 cm³/mol. The Morgan fingerprint density at radius 2 is 1.92 bits per heavy atom. The van der Waals surface area contributed by atoms with Crippen molar-refractivity contribution in [3.8, 4) is 0 Å². The maximum atomic E-state index is 11.6. The van der Waals surface area contributed by atoms with Gasteiger partial charge >= 0.3 is 6.03 Å². The number of fused-ring (bicyclic) bond motifs is 1. The van der Waals surface area contributed by atoms with Crippen LogP contribution in [0.2, 0.25) is 0 Å². The van der Waals surface area contributed by atoms with Crippen LogP contribution in [0.15, 0.2) is 42.6 Å². The Morgan fingerprint density at radius 3 is 2.69 bits per heavy atom. The number of rotatable bonds is 5. The summed E-state index contributed by atoms with van der Waals surface area (Å²) in [7, 11) is 3.98. The molecule has 0 atom stereocenters. The highest BCUT2D eigenvalue weighted by Crippen LogP contribution is 2.21. The van der Waals surface area contributed by atoms with Crippen molar-refractivity contribution in [2.75, 3.05) is 36.2 Å². The molecule has 2 amide bonds. The summed E-state index contributed by atoms with van der Waals surface area (Å²) >= 11 is 0. The third kappa shape index (κ3) is 4.15. The number of hydrogen-bond donors (Lipinski definition) is 3. The first kappa shape index (κ1) is 17.4. The Kier molecular flexibility index (Phi) is 5.12. The summed E-state index contributed by atoms with van der Waals surface area (Å²) in [6, 6.07) is 11.1. The van der Waals surface area contributed by atoms with E-state index in [1.165, 1.54) is 0 Å². The summed E-state index contributed by atoms with van der Waals surface area (Å²) in [5, 5.41) is 8.56. The third-order valence-electron chi connectivity index (χ3n) is 3.62. The van der Waals surface area contributed by atoms with Crippen molar-refractivity contribution in [3.63, 3.8) is 0 Å². The van der Waals surface area contributed by atoms with Crippen LogP contribution in [0.1, 0.15) is 6.92 Å². The lowest BCUT2D eigenvalue weighted by Gasteiger charge is -2.14. The van der Waals surface area contributed by atoms with Crippen LogP contribution in [0.4, 0.5) is 27.8 Å². The van der Waals surface area contributed by atoms with Crippen molar-refractivity contribution in [2.24, 2.45) is 0 Å². The van der Waals surface area contributed by atoms with Gasteiger partial charge in [-0.15, -0.1) is 0 Å². The van der Waals surface area contributed by atoms with Crippen molar-refractivity contribution in [3.05, 3.63) is 42.6 Å². The quantitative estimate of drug-likeness (QED) is 0.654. The summed E-state index contributed by atoms with van der Waals surface area (Å²) in [5.74, 6) is 1.00. The lowest BCUT2D eigenvalue weighted by atomic mass is 10.2. The highest BCUT2D eigenvalue weighted by Gasteiger charge is 2.06. The maximum absolute atomic E-state index is 11.6. The van der Waals surface area contributed by atoms with Crippen LogP contribution in [-0.2, 0) is 0 Å². The summed E-state index contributed by atoms with van der Waals surface area (Å²) in [6.45, 7) is 2.39. The van der Waals surface area contributed by atoms with Crippen molar-refractivity contribution < 1.29 is 4.79 Å². The smallest absolute Gasteiger partial charge is 0.320 e. The van der Waals surface area contributed by atoms with Crippen LogP contribution in [0.25, 0.3) is 11.2 Å². The zero-order chi connectivity index (χ0) is 18.5. The van der Waals surface area contributed by atoms with Gasteiger partial charge in [-0.3, -0.25) is 5.32 Å². The van der Waals surface area contributed by atoms with Crippen molar-refractivity contribution in [1.82, 2.24) is 20.3 Å². The number of hydrogen-bond acceptors (Lipinski definition) is 6.